The van der Waals surface area contributed by atoms with Gasteiger partial charge in [-0.25, -0.2) is 0 Å². The van der Waals surface area contributed by atoms with Gasteiger partial charge in [0.15, 0.2) is 5.82 Å². The zero-order valence-electron chi connectivity index (χ0n) is 12.7. The lowest BCUT2D eigenvalue weighted by Gasteiger charge is -2.17. The minimum Gasteiger partial charge on any atom is -0.492 e. The number of ether oxygens (including phenoxy) is 1. The number of nitrogens with one attached hydrogen (secondary N) is 1. The highest BCUT2D eigenvalue weighted by molar-refractivity contribution is 5.42. The maximum atomic E-state index is 5.70. The molecule has 3 atom stereocenters. The molecule has 1 aromatic heterocycles. The second-order valence-electron chi connectivity index (χ2n) is 5.48. The Balaban J connectivity index is 1.86. The van der Waals surface area contributed by atoms with Crippen molar-refractivity contribution in [2.45, 2.75) is 38.1 Å². The summed E-state index contributed by atoms with van der Waals surface area (Å²) in [7, 11) is 1.95. The molecule has 0 radical (unpaired) electrons. The molecular formula is C16H21N3O2. The van der Waals surface area contributed by atoms with Crippen molar-refractivity contribution in [3.63, 3.8) is 0 Å². The fraction of sp³-hybridized carbons (Fsp3) is 0.500. The molecule has 0 spiro atoms. The number of hydrogen-bond acceptors (Lipinski definition) is 5. The van der Waals surface area contributed by atoms with Gasteiger partial charge in [0.05, 0.1) is 11.8 Å². The molecular weight excluding hydrogens is 266 g/mol. The van der Waals surface area contributed by atoms with Crippen molar-refractivity contribution in [2.75, 3.05) is 13.7 Å². The van der Waals surface area contributed by atoms with E-state index in [-0.39, 0.29) is 11.8 Å². The molecule has 5 nitrogen and oxygen atoms in total. The number of para-hydroxylation sites is 1. The zero-order valence-corrected chi connectivity index (χ0v) is 12.7. The largest absolute Gasteiger partial charge is 0.492 e. The molecule has 3 rings (SSSR count). The van der Waals surface area contributed by atoms with E-state index in [2.05, 4.69) is 35.4 Å². The first-order valence-corrected chi connectivity index (χ1v) is 7.47. The third kappa shape index (κ3) is 2.53. The van der Waals surface area contributed by atoms with E-state index in [9.17, 15) is 0 Å². The molecule has 1 aliphatic rings. The summed E-state index contributed by atoms with van der Waals surface area (Å²) in [6.07, 6.45) is 0.960. The van der Waals surface area contributed by atoms with Crippen LogP contribution in [0.4, 0.5) is 0 Å². The van der Waals surface area contributed by atoms with E-state index in [1.165, 1.54) is 0 Å². The Morgan fingerprint density at radius 2 is 2.19 bits per heavy atom. The molecule has 5 heteroatoms. The topological polar surface area (TPSA) is 60.2 Å². The van der Waals surface area contributed by atoms with Crippen LogP contribution in [0.25, 0.3) is 0 Å². The van der Waals surface area contributed by atoms with Gasteiger partial charge in [-0.1, -0.05) is 30.3 Å². The maximum absolute atomic E-state index is 5.70. The van der Waals surface area contributed by atoms with Gasteiger partial charge in [-0.15, -0.1) is 0 Å². The van der Waals surface area contributed by atoms with E-state index in [1.54, 1.807) is 0 Å². The van der Waals surface area contributed by atoms with Gasteiger partial charge in [-0.2, -0.15) is 4.98 Å². The number of likely N-dealkylation sites (N-methyl/N-ethyl adjacent to an activating group) is 1. The number of nitrogens with zero attached hydrogens (tertiary/aromatic N) is 2. The van der Waals surface area contributed by atoms with Crippen LogP contribution in [0.3, 0.4) is 0 Å². The van der Waals surface area contributed by atoms with Crippen LogP contribution in [0.2, 0.25) is 0 Å². The van der Waals surface area contributed by atoms with Crippen LogP contribution in [0, 0.1) is 0 Å². The number of benzene rings is 1. The van der Waals surface area contributed by atoms with Crippen molar-refractivity contribution in [1.29, 1.82) is 0 Å². The van der Waals surface area contributed by atoms with Crippen molar-refractivity contribution in [1.82, 2.24) is 15.5 Å². The highest BCUT2D eigenvalue weighted by atomic mass is 16.5. The first-order valence-electron chi connectivity index (χ1n) is 7.47. The predicted molar refractivity (Wildman–Crippen MR) is 79.6 cm³/mol. The van der Waals surface area contributed by atoms with E-state index in [0.717, 1.165) is 23.6 Å². The molecule has 112 valence electrons. The third-order valence-electron chi connectivity index (χ3n) is 4.28. The average molecular weight is 287 g/mol. The number of fused-ring (bicyclic) bond motifs is 1. The van der Waals surface area contributed by atoms with E-state index in [4.69, 9.17) is 9.26 Å². The zero-order chi connectivity index (χ0) is 14.8. The summed E-state index contributed by atoms with van der Waals surface area (Å²) in [4.78, 5) is 4.63. The minimum absolute atomic E-state index is 0.0705. The van der Waals surface area contributed by atoms with Gasteiger partial charge in [0, 0.05) is 11.6 Å². The summed E-state index contributed by atoms with van der Waals surface area (Å²) in [5.41, 5.74) is 1.14. The monoisotopic (exact) mass is 287 g/mol. The van der Waals surface area contributed by atoms with Crippen molar-refractivity contribution < 1.29 is 9.26 Å². The van der Waals surface area contributed by atoms with Gasteiger partial charge < -0.3 is 14.6 Å². The van der Waals surface area contributed by atoms with E-state index in [0.29, 0.717) is 18.5 Å². The number of hydrogen-bond donors (Lipinski definition) is 1. The maximum Gasteiger partial charge on any atom is 0.231 e. The lowest BCUT2D eigenvalue weighted by Crippen LogP contribution is -2.28. The van der Waals surface area contributed by atoms with Crippen molar-refractivity contribution >= 4 is 0 Å². The fourth-order valence-electron chi connectivity index (χ4n) is 2.86. The molecule has 0 fully saturated rings. The van der Waals surface area contributed by atoms with Crippen LogP contribution in [0.5, 0.6) is 5.75 Å². The van der Waals surface area contributed by atoms with Crippen molar-refractivity contribution in [3.8, 4) is 5.75 Å². The van der Waals surface area contributed by atoms with Gasteiger partial charge in [-0.05, 0) is 26.5 Å². The predicted octanol–water partition coefficient (Wildman–Crippen LogP) is 2.70. The lowest BCUT2D eigenvalue weighted by atomic mass is 9.98. The van der Waals surface area contributed by atoms with Crippen LogP contribution in [0.1, 0.15) is 49.4 Å². The Labute approximate surface area is 124 Å². The molecule has 21 heavy (non-hydrogen) atoms. The van der Waals surface area contributed by atoms with Crippen LogP contribution in [-0.4, -0.2) is 29.8 Å². The Morgan fingerprint density at radius 3 is 2.95 bits per heavy atom. The standard InChI is InChI=1S/C16H21N3O2/c1-4-11(10(2)17-3)16-18-15(19-21-16)13-9-20-14-8-6-5-7-12(13)14/h5-8,10-11,13,17H,4,9H2,1-3H3. The molecule has 0 saturated carbocycles. The molecule has 1 aromatic carbocycles. The SMILES string of the molecule is CCC(c1nc(C2COc3ccccc32)no1)C(C)NC. The molecule has 2 heterocycles. The normalized spacial score (nSPS) is 19.9. The minimum atomic E-state index is 0.0705. The van der Waals surface area contributed by atoms with Crippen LogP contribution >= 0.6 is 0 Å². The summed E-state index contributed by atoms with van der Waals surface area (Å²) >= 11 is 0. The van der Waals surface area contributed by atoms with Crippen molar-refractivity contribution in [2.24, 2.45) is 0 Å². The van der Waals surface area contributed by atoms with Crippen LogP contribution in [-0.2, 0) is 0 Å². The summed E-state index contributed by atoms with van der Waals surface area (Å²) in [6.45, 7) is 4.85. The highest BCUT2D eigenvalue weighted by Crippen LogP contribution is 2.37. The van der Waals surface area contributed by atoms with Gasteiger partial charge in [-0.3, -0.25) is 0 Å². The molecule has 1 aliphatic heterocycles. The summed E-state index contributed by atoms with van der Waals surface area (Å²) in [5.74, 6) is 2.65. The molecule has 1 N–H and O–H groups in total. The average Bonchev–Trinajstić information content (AvgIpc) is 3.14. The van der Waals surface area contributed by atoms with E-state index >= 15 is 0 Å². The van der Waals surface area contributed by atoms with E-state index in [1.807, 2.05) is 25.2 Å². The molecule has 0 amide bonds. The van der Waals surface area contributed by atoms with Gasteiger partial charge >= 0.3 is 0 Å². The Bertz CT molecular complexity index is 611. The molecule has 3 unspecified atom stereocenters. The summed E-state index contributed by atoms with van der Waals surface area (Å²) < 4.78 is 11.2. The first-order chi connectivity index (χ1) is 10.2. The molecule has 0 saturated heterocycles. The van der Waals surface area contributed by atoms with Gasteiger partial charge in [0.1, 0.15) is 12.4 Å². The number of rotatable bonds is 5. The molecule has 0 bridgehead atoms. The van der Waals surface area contributed by atoms with Crippen LogP contribution in [0.15, 0.2) is 28.8 Å². The van der Waals surface area contributed by atoms with Crippen LogP contribution < -0.4 is 10.1 Å². The summed E-state index contributed by atoms with van der Waals surface area (Å²) in [5, 5.41) is 7.45. The first kappa shape index (κ1) is 14.1. The lowest BCUT2D eigenvalue weighted by molar-refractivity contribution is 0.313. The van der Waals surface area contributed by atoms with Crippen molar-refractivity contribution in [3.05, 3.63) is 41.5 Å². The third-order valence-corrected chi connectivity index (χ3v) is 4.28. The van der Waals surface area contributed by atoms with Gasteiger partial charge in [0.25, 0.3) is 0 Å². The number of aromatic nitrogens is 2. The fourth-order valence-corrected chi connectivity index (χ4v) is 2.86. The highest BCUT2D eigenvalue weighted by Gasteiger charge is 2.31. The Morgan fingerprint density at radius 1 is 1.38 bits per heavy atom. The molecule has 2 aromatic rings. The Kier molecular flexibility index (Phi) is 3.92. The quantitative estimate of drug-likeness (QED) is 0.916. The van der Waals surface area contributed by atoms with Gasteiger partial charge in [0.2, 0.25) is 5.89 Å². The smallest absolute Gasteiger partial charge is 0.231 e. The summed E-state index contributed by atoms with van der Waals surface area (Å²) in [6, 6.07) is 8.34. The van der Waals surface area contributed by atoms with E-state index < -0.39 is 0 Å². The second kappa shape index (κ2) is 5.85. The Hall–Kier alpha value is -1.88. The molecule has 0 aliphatic carbocycles. The second-order valence-corrected chi connectivity index (χ2v) is 5.48.